The summed E-state index contributed by atoms with van der Waals surface area (Å²) in [6.45, 7) is 1.84. The summed E-state index contributed by atoms with van der Waals surface area (Å²) in [5, 5.41) is 14.9. The van der Waals surface area contributed by atoms with Gasteiger partial charge in [0.2, 0.25) is 5.91 Å². The van der Waals surface area contributed by atoms with E-state index in [2.05, 4.69) is 5.32 Å². The van der Waals surface area contributed by atoms with Crippen LogP contribution in [0.25, 0.3) is 6.08 Å². The van der Waals surface area contributed by atoms with E-state index in [1.54, 1.807) is 20.1 Å². The molecule has 0 aliphatic carbocycles. The first-order valence-corrected chi connectivity index (χ1v) is 7.76. The normalized spacial score (nSPS) is 13.8. The van der Waals surface area contributed by atoms with Gasteiger partial charge in [-0.1, -0.05) is 24.3 Å². The fourth-order valence-corrected chi connectivity index (χ4v) is 2.75. The lowest BCUT2D eigenvalue weighted by molar-refractivity contribution is -0.117. The predicted octanol–water partition coefficient (Wildman–Crippen LogP) is 2.79. The average molecular weight is 317 g/mol. The number of hydrogen-bond donors (Lipinski definition) is 2. The van der Waals surface area contributed by atoms with Crippen LogP contribution in [0.15, 0.2) is 47.9 Å². The Balaban J connectivity index is 1.94. The molecule has 4 nitrogen and oxygen atoms in total. The molecular formula is C17H19NO3S. The first-order chi connectivity index (χ1) is 10.5. The fraction of sp³-hybridized carbons (Fsp3) is 0.235. The third-order valence-electron chi connectivity index (χ3n) is 3.21. The van der Waals surface area contributed by atoms with E-state index in [1.165, 1.54) is 17.4 Å². The minimum absolute atomic E-state index is 0.155. The minimum Gasteiger partial charge on any atom is -0.496 e. The van der Waals surface area contributed by atoms with Crippen molar-refractivity contribution in [3.05, 3.63) is 58.3 Å². The van der Waals surface area contributed by atoms with Crippen LogP contribution in [0.3, 0.4) is 0 Å². The third-order valence-corrected chi connectivity index (χ3v) is 4.34. The summed E-state index contributed by atoms with van der Waals surface area (Å²) in [7, 11) is 1.59. The Labute approximate surface area is 134 Å². The van der Waals surface area contributed by atoms with Gasteiger partial charge in [-0.3, -0.25) is 4.79 Å². The maximum atomic E-state index is 11.9. The molecule has 1 amide bonds. The second kappa shape index (κ2) is 7.24. The number of ether oxygens (including phenoxy) is 1. The van der Waals surface area contributed by atoms with E-state index >= 15 is 0 Å². The average Bonchev–Trinajstić information content (AvgIpc) is 3.06. The van der Waals surface area contributed by atoms with Crippen molar-refractivity contribution < 1.29 is 14.6 Å². The summed E-state index contributed by atoms with van der Waals surface area (Å²) in [5.74, 6) is 0.444. The molecule has 0 unspecified atom stereocenters. The van der Waals surface area contributed by atoms with Crippen molar-refractivity contribution in [2.75, 3.05) is 13.7 Å². The molecule has 1 aromatic carbocycles. The van der Waals surface area contributed by atoms with Gasteiger partial charge >= 0.3 is 0 Å². The summed E-state index contributed by atoms with van der Waals surface area (Å²) in [6.07, 6.45) is 3.12. The number of aliphatic hydroxyl groups is 1. The largest absolute Gasteiger partial charge is 0.496 e. The number of carbonyl (C=O) groups excluding carboxylic acids is 1. The zero-order chi connectivity index (χ0) is 16.0. The Hall–Kier alpha value is -2.11. The van der Waals surface area contributed by atoms with Gasteiger partial charge in [-0.2, -0.15) is 0 Å². The Kier molecular flexibility index (Phi) is 5.35. The van der Waals surface area contributed by atoms with Crippen molar-refractivity contribution in [2.45, 2.75) is 12.5 Å². The molecule has 0 radical (unpaired) electrons. The summed E-state index contributed by atoms with van der Waals surface area (Å²) in [5.41, 5.74) is -0.243. The first-order valence-electron chi connectivity index (χ1n) is 6.88. The van der Waals surface area contributed by atoms with Gasteiger partial charge in [-0.25, -0.2) is 0 Å². The number of thiophene rings is 1. The van der Waals surface area contributed by atoms with Crippen molar-refractivity contribution in [1.82, 2.24) is 5.32 Å². The Morgan fingerprint density at radius 3 is 2.82 bits per heavy atom. The Morgan fingerprint density at radius 2 is 2.14 bits per heavy atom. The van der Waals surface area contributed by atoms with E-state index in [-0.39, 0.29) is 12.5 Å². The highest BCUT2D eigenvalue weighted by Gasteiger charge is 2.24. The van der Waals surface area contributed by atoms with Crippen LogP contribution >= 0.6 is 11.3 Å². The number of hydrogen-bond acceptors (Lipinski definition) is 4. The van der Waals surface area contributed by atoms with Gasteiger partial charge in [0.15, 0.2) is 0 Å². The number of rotatable bonds is 6. The van der Waals surface area contributed by atoms with Crippen molar-refractivity contribution in [3.63, 3.8) is 0 Å². The van der Waals surface area contributed by atoms with E-state index in [9.17, 15) is 9.90 Å². The summed E-state index contributed by atoms with van der Waals surface area (Å²) in [6, 6.07) is 11.2. The maximum absolute atomic E-state index is 11.9. The van der Waals surface area contributed by atoms with E-state index < -0.39 is 5.60 Å². The lowest BCUT2D eigenvalue weighted by Gasteiger charge is -2.21. The van der Waals surface area contributed by atoms with Crippen LogP contribution in [-0.4, -0.2) is 24.7 Å². The highest BCUT2D eigenvalue weighted by atomic mass is 32.1. The monoisotopic (exact) mass is 317 g/mol. The van der Waals surface area contributed by atoms with Gasteiger partial charge in [0.05, 0.1) is 13.7 Å². The molecule has 0 aliphatic rings. The molecular weight excluding hydrogens is 298 g/mol. The number of methoxy groups -OCH3 is 1. The lowest BCUT2D eigenvalue weighted by atomic mass is 10.1. The minimum atomic E-state index is -1.07. The molecule has 1 atom stereocenters. The molecule has 0 saturated heterocycles. The quantitative estimate of drug-likeness (QED) is 0.806. The third kappa shape index (κ3) is 4.19. The van der Waals surface area contributed by atoms with E-state index in [1.807, 2.05) is 41.8 Å². The van der Waals surface area contributed by atoms with Crippen LogP contribution in [0.4, 0.5) is 0 Å². The van der Waals surface area contributed by atoms with Crippen molar-refractivity contribution in [2.24, 2.45) is 0 Å². The van der Waals surface area contributed by atoms with Gasteiger partial charge in [0.1, 0.15) is 11.4 Å². The van der Waals surface area contributed by atoms with Gasteiger partial charge in [0.25, 0.3) is 0 Å². The summed E-state index contributed by atoms with van der Waals surface area (Å²) >= 11 is 1.46. The van der Waals surface area contributed by atoms with Gasteiger partial charge < -0.3 is 15.2 Å². The first kappa shape index (κ1) is 16.3. The molecule has 0 spiro atoms. The lowest BCUT2D eigenvalue weighted by Crippen LogP contribution is -2.37. The van der Waals surface area contributed by atoms with Crippen molar-refractivity contribution >= 4 is 23.3 Å². The molecule has 2 N–H and O–H groups in total. The number of benzene rings is 1. The smallest absolute Gasteiger partial charge is 0.244 e. The topological polar surface area (TPSA) is 58.6 Å². The van der Waals surface area contributed by atoms with Crippen molar-refractivity contribution in [3.8, 4) is 5.75 Å². The number of nitrogens with one attached hydrogen (secondary N) is 1. The molecule has 116 valence electrons. The van der Waals surface area contributed by atoms with Crippen molar-refractivity contribution in [1.29, 1.82) is 0 Å². The van der Waals surface area contributed by atoms with Crippen LogP contribution < -0.4 is 10.1 Å². The van der Waals surface area contributed by atoms with Crippen LogP contribution in [-0.2, 0) is 10.4 Å². The van der Waals surface area contributed by atoms with Crippen LogP contribution in [0, 0.1) is 0 Å². The highest BCUT2D eigenvalue weighted by Crippen LogP contribution is 2.24. The van der Waals surface area contributed by atoms with E-state index in [4.69, 9.17) is 4.74 Å². The summed E-state index contributed by atoms with van der Waals surface area (Å²) < 4.78 is 5.22. The molecule has 1 aromatic heterocycles. The maximum Gasteiger partial charge on any atom is 0.244 e. The van der Waals surface area contributed by atoms with Crippen LogP contribution in [0.1, 0.15) is 17.4 Å². The van der Waals surface area contributed by atoms with E-state index in [0.29, 0.717) is 5.75 Å². The zero-order valence-electron chi connectivity index (χ0n) is 12.6. The highest BCUT2D eigenvalue weighted by molar-refractivity contribution is 7.10. The van der Waals surface area contributed by atoms with Gasteiger partial charge in [-0.15, -0.1) is 11.3 Å². The number of amides is 1. The molecule has 22 heavy (non-hydrogen) atoms. The second-order valence-corrected chi connectivity index (χ2v) is 5.99. The SMILES string of the molecule is COc1ccccc1/C=C/C(=O)NC[C@@](C)(O)c1cccs1. The van der Waals surface area contributed by atoms with Gasteiger partial charge in [-0.05, 0) is 30.5 Å². The molecule has 0 bridgehead atoms. The summed E-state index contributed by atoms with van der Waals surface area (Å²) in [4.78, 5) is 12.7. The molecule has 0 aliphatic heterocycles. The van der Waals surface area contributed by atoms with Crippen LogP contribution in [0.2, 0.25) is 0 Å². The molecule has 1 heterocycles. The Bertz CT molecular complexity index is 648. The van der Waals surface area contributed by atoms with Gasteiger partial charge in [0, 0.05) is 16.5 Å². The molecule has 0 saturated carbocycles. The zero-order valence-corrected chi connectivity index (χ0v) is 13.4. The molecule has 2 rings (SSSR count). The van der Waals surface area contributed by atoms with Crippen LogP contribution in [0.5, 0.6) is 5.75 Å². The molecule has 5 heteroatoms. The number of carbonyl (C=O) groups is 1. The van der Waals surface area contributed by atoms with E-state index in [0.717, 1.165) is 10.4 Å². The number of para-hydroxylation sites is 1. The fourth-order valence-electron chi connectivity index (χ4n) is 1.96. The predicted molar refractivity (Wildman–Crippen MR) is 88.9 cm³/mol. The molecule has 0 fully saturated rings. The second-order valence-electron chi connectivity index (χ2n) is 5.04. The standard InChI is InChI=1S/C17H19NO3S/c1-17(20,15-8-5-11-22-15)12-18-16(19)10-9-13-6-3-4-7-14(13)21-2/h3-11,20H,12H2,1-2H3,(H,18,19)/b10-9+/t17-/m1/s1. The molecule has 2 aromatic rings. The Morgan fingerprint density at radius 1 is 1.36 bits per heavy atom.